The largest absolute Gasteiger partial charge is 0.457 e. The van der Waals surface area contributed by atoms with E-state index in [2.05, 4.69) is 43.2 Å². The molecule has 1 aliphatic rings. The molecule has 0 aliphatic carbocycles. The Labute approximate surface area is 206 Å². The summed E-state index contributed by atoms with van der Waals surface area (Å²) in [5, 5.41) is 4.53. The molecular weight excluding hydrogens is 494 g/mol. The lowest BCUT2D eigenvalue weighted by atomic mass is 9.91. The predicted molar refractivity (Wildman–Crippen MR) is 136 cm³/mol. The zero-order chi connectivity index (χ0) is 23.7. The third kappa shape index (κ3) is 4.33. The molecule has 0 bridgehead atoms. The van der Waals surface area contributed by atoms with E-state index < -0.39 is 5.91 Å². The van der Waals surface area contributed by atoms with Gasteiger partial charge in [0.15, 0.2) is 5.69 Å². The second kappa shape index (κ2) is 9.38. The van der Waals surface area contributed by atoms with Crippen LogP contribution in [0.3, 0.4) is 0 Å². The molecule has 0 radical (unpaired) electrons. The summed E-state index contributed by atoms with van der Waals surface area (Å²) in [6, 6.07) is 15.2. The summed E-state index contributed by atoms with van der Waals surface area (Å²) in [6.07, 6.45) is 8.16. The number of piperidine rings is 1. The number of primary amides is 1. The van der Waals surface area contributed by atoms with Crippen LogP contribution in [-0.2, 0) is 0 Å². The molecule has 5 rings (SSSR count). The number of aromatic nitrogens is 3. The van der Waals surface area contributed by atoms with Gasteiger partial charge >= 0.3 is 0 Å². The first-order valence-corrected chi connectivity index (χ1v) is 12.1. The maximum Gasteiger partial charge on any atom is 0.269 e. The highest BCUT2D eigenvalue weighted by Gasteiger charge is 2.26. The Bertz CT molecular complexity index is 1330. The molecule has 2 aromatic carbocycles. The van der Waals surface area contributed by atoms with Crippen LogP contribution < -0.4 is 10.5 Å². The number of carbonyl (C=O) groups excluding carboxylic acids is 1. The number of amides is 1. The lowest BCUT2D eigenvalue weighted by Gasteiger charge is -2.30. The molecule has 1 aliphatic heterocycles. The van der Waals surface area contributed by atoms with Gasteiger partial charge in [-0.2, -0.15) is 5.10 Å². The zero-order valence-corrected chi connectivity index (χ0v) is 20.5. The van der Waals surface area contributed by atoms with E-state index in [0.29, 0.717) is 23.1 Å². The van der Waals surface area contributed by atoms with E-state index in [9.17, 15) is 4.79 Å². The number of hydrogen-bond acceptors (Lipinski definition) is 4. The minimum absolute atomic E-state index is 0.356. The average Bonchev–Trinajstić information content (AvgIpc) is 3.41. The van der Waals surface area contributed by atoms with Crippen molar-refractivity contribution in [3.8, 4) is 22.8 Å². The lowest BCUT2D eigenvalue weighted by Crippen LogP contribution is -2.28. The van der Waals surface area contributed by atoms with E-state index in [4.69, 9.17) is 10.5 Å². The number of allylic oxidation sites excluding steroid dienone is 1. The summed E-state index contributed by atoms with van der Waals surface area (Å²) in [5.74, 6) is 1.32. The number of rotatable bonds is 6. The van der Waals surface area contributed by atoms with Crippen LogP contribution in [0.1, 0.15) is 41.7 Å². The Morgan fingerprint density at radius 3 is 2.38 bits per heavy atom. The van der Waals surface area contributed by atoms with Crippen molar-refractivity contribution < 1.29 is 9.53 Å². The summed E-state index contributed by atoms with van der Waals surface area (Å²) in [7, 11) is 0. The average molecular weight is 520 g/mol. The number of nitrogens with two attached hydrogens (primary N) is 1. The molecule has 0 unspecified atom stereocenters. The van der Waals surface area contributed by atoms with E-state index in [1.54, 1.807) is 4.52 Å². The number of aromatic amines is 1. The number of hydrogen-bond donors (Lipinski definition) is 2. The molecule has 8 heteroatoms. The van der Waals surface area contributed by atoms with Crippen molar-refractivity contribution in [2.75, 3.05) is 13.1 Å². The number of fused-ring (bicyclic) bond motifs is 1. The van der Waals surface area contributed by atoms with Crippen LogP contribution in [0.5, 0.6) is 11.5 Å². The van der Waals surface area contributed by atoms with Gasteiger partial charge in [-0.15, -0.1) is 0 Å². The minimum Gasteiger partial charge on any atom is -0.457 e. The van der Waals surface area contributed by atoms with Crippen LogP contribution >= 0.6 is 15.9 Å². The van der Waals surface area contributed by atoms with Gasteiger partial charge in [0.2, 0.25) is 0 Å². The van der Waals surface area contributed by atoms with Gasteiger partial charge in [-0.05, 0) is 80.4 Å². The Balaban J connectivity index is 1.43. The van der Waals surface area contributed by atoms with Crippen LogP contribution in [0.15, 0.2) is 71.5 Å². The second-order valence-corrected chi connectivity index (χ2v) is 9.36. The number of nitrogens with one attached hydrogen (secondary N) is 1. The zero-order valence-electron chi connectivity index (χ0n) is 18.9. The van der Waals surface area contributed by atoms with Crippen LogP contribution in [0.2, 0.25) is 0 Å². The first-order valence-electron chi connectivity index (χ1n) is 11.3. The summed E-state index contributed by atoms with van der Waals surface area (Å²) in [6.45, 7) is 4.05. The third-order valence-electron chi connectivity index (χ3n) is 6.24. The number of halogens is 1. The molecular formula is C26H26BrN5O2. The van der Waals surface area contributed by atoms with Crippen LogP contribution in [0, 0.1) is 0 Å². The van der Waals surface area contributed by atoms with Gasteiger partial charge in [0, 0.05) is 28.7 Å². The molecule has 0 spiro atoms. The summed E-state index contributed by atoms with van der Waals surface area (Å²) in [4.78, 5) is 18.2. The number of imidazole rings is 1. The Morgan fingerprint density at radius 1 is 1.12 bits per heavy atom. The van der Waals surface area contributed by atoms with Gasteiger partial charge in [-0.25, -0.2) is 4.52 Å². The van der Waals surface area contributed by atoms with E-state index in [1.807, 2.05) is 61.7 Å². The number of benzene rings is 2. The Kier molecular flexibility index (Phi) is 6.15. The van der Waals surface area contributed by atoms with Crippen molar-refractivity contribution in [2.45, 2.75) is 25.7 Å². The molecule has 3 N–H and O–H groups in total. The summed E-state index contributed by atoms with van der Waals surface area (Å²) >= 11 is 3.43. The first kappa shape index (κ1) is 22.3. The monoisotopic (exact) mass is 519 g/mol. The van der Waals surface area contributed by atoms with Gasteiger partial charge in [0.1, 0.15) is 17.1 Å². The quantitative estimate of drug-likeness (QED) is 0.342. The molecule has 7 nitrogen and oxygen atoms in total. The molecule has 1 amide bonds. The number of H-pyrrole nitrogens is 1. The van der Waals surface area contributed by atoms with Crippen molar-refractivity contribution in [1.29, 1.82) is 0 Å². The molecule has 4 aromatic rings. The summed E-state index contributed by atoms with van der Waals surface area (Å²) in [5.41, 5.74) is 9.61. The number of ether oxygens (including phenoxy) is 1. The van der Waals surface area contributed by atoms with Crippen LogP contribution in [0.25, 0.3) is 16.9 Å². The summed E-state index contributed by atoms with van der Waals surface area (Å²) < 4.78 is 8.57. The highest BCUT2D eigenvalue weighted by molar-refractivity contribution is 9.10. The van der Waals surface area contributed by atoms with Crippen molar-refractivity contribution in [3.05, 3.63) is 82.7 Å². The Morgan fingerprint density at radius 2 is 1.76 bits per heavy atom. The van der Waals surface area contributed by atoms with Crippen LogP contribution in [-0.4, -0.2) is 38.5 Å². The molecule has 174 valence electrons. The Hall–Kier alpha value is -3.52. The second-order valence-electron chi connectivity index (χ2n) is 8.45. The molecule has 1 fully saturated rings. The van der Waals surface area contributed by atoms with Crippen molar-refractivity contribution >= 4 is 27.5 Å². The normalized spacial score (nSPS) is 14.8. The van der Waals surface area contributed by atoms with Crippen molar-refractivity contribution in [1.82, 2.24) is 19.5 Å². The fourth-order valence-corrected chi connectivity index (χ4v) is 4.84. The van der Waals surface area contributed by atoms with Crippen LogP contribution in [0.4, 0.5) is 0 Å². The highest BCUT2D eigenvalue weighted by atomic mass is 79.9. The fourth-order valence-electron chi connectivity index (χ4n) is 4.57. The standard InChI is InChI=1S/C26H26BrN5O2/c1-2-13-31-14-11-17(12-15-31)22-16-29-32-24(25(28)33)23(30-26(22)32)18-3-7-20(8-4-18)34-21-9-5-19(27)6-10-21/h2-10,13,16-17,30H,11-12,14-15H2,1H3,(H2,28,33). The topological polar surface area (TPSA) is 88.7 Å². The molecule has 3 heterocycles. The van der Waals surface area contributed by atoms with Gasteiger partial charge < -0.3 is 20.4 Å². The molecule has 34 heavy (non-hydrogen) atoms. The minimum atomic E-state index is -0.519. The van der Waals surface area contributed by atoms with E-state index in [0.717, 1.165) is 52.9 Å². The van der Waals surface area contributed by atoms with E-state index in [1.165, 1.54) is 0 Å². The first-order chi connectivity index (χ1) is 16.5. The highest BCUT2D eigenvalue weighted by Crippen LogP contribution is 2.34. The maximum atomic E-state index is 12.4. The predicted octanol–water partition coefficient (Wildman–Crippen LogP) is 5.70. The van der Waals surface area contributed by atoms with Gasteiger partial charge in [-0.1, -0.05) is 22.0 Å². The molecule has 0 saturated carbocycles. The fraction of sp³-hybridized carbons (Fsp3) is 0.231. The lowest BCUT2D eigenvalue weighted by molar-refractivity contribution is 0.0994. The number of likely N-dealkylation sites (tertiary alicyclic amines) is 1. The van der Waals surface area contributed by atoms with Gasteiger partial charge in [0.25, 0.3) is 5.91 Å². The van der Waals surface area contributed by atoms with E-state index >= 15 is 0 Å². The van der Waals surface area contributed by atoms with Crippen molar-refractivity contribution in [2.24, 2.45) is 5.73 Å². The molecule has 0 atom stereocenters. The van der Waals surface area contributed by atoms with Crippen molar-refractivity contribution in [3.63, 3.8) is 0 Å². The maximum absolute atomic E-state index is 12.4. The SMILES string of the molecule is CC=CN1CCC(c2cnn3c(C(N)=O)c(-c4ccc(Oc5ccc(Br)cc5)cc4)[nH]c23)CC1. The number of carbonyl (C=O) groups is 1. The third-order valence-corrected chi connectivity index (χ3v) is 6.77. The van der Waals surface area contributed by atoms with Gasteiger partial charge in [-0.3, -0.25) is 4.79 Å². The number of nitrogens with zero attached hydrogens (tertiary/aromatic N) is 3. The molecule has 2 aromatic heterocycles. The molecule has 1 saturated heterocycles. The smallest absolute Gasteiger partial charge is 0.269 e. The van der Waals surface area contributed by atoms with Gasteiger partial charge in [0.05, 0.1) is 11.9 Å². The van der Waals surface area contributed by atoms with E-state index in [-0.39, 0.29) is 0 Å².